The Labute approximate surface area is 196 Å². The minimum Gasteiger partial charge on any atom is -0.404 e. The Morgan fingerprint density at radius 2 is 1.35 bits per heavy atom. The summed E-state index contributed by atoms with van der Waals surface area (Å²) in [5, 5.41) is 2.67. The van der Waals surface area contributed by atoms with Gasteiger partial charge in [-0.05, 0) is 41.1 Å². The van der Waals surface area contributed by atoms with Gasteiger partial charge in [-0.2, -0.15) is 0 Å². The number of allylic oxidation sites excluding steroid dienone is 3. The lowest BCUT2D eigenvalue weighted by atomic mass is 10.1. The predicted molar refractivity (Wildman–Crippen MR) is 140 cm³/mol. The minimum absolute atomic E-state index is 0.00897. The van der Waals surface area contributed by atoms with Crippen LogP contribution in [0.15, 0.2) is 84.0 Å². The van der Waals surface area contributed by atoms with E-state index in [9.17, 15) is 0 Å². The second-order valence-corrected chi connectivity index (χ2v) is 13.7. The average Bonchev–Trinajstić information content (AvgIpc) is 2.78. The van der Waals surface area contributed by atoms with Crippen molar-refractivity contribution in [3.8, 4) is 0 Å². The first kappa shape index (κ1) is 25.6. The molecule has 0 N–H and O–H groups in total. The standard InChI is InChI=1S/C28H39ClOSi/c1-6-24(15-14-16-25(7-2)23-29)21-22-30-31(28(3,4)5,26-17-10-8-11-18-26)27-19-12-9-13-20-27/h8-13,16-21H,6-7,14-15,22-23H2,1-5H3/b24-21+,25-16+. The van der Waals surface area contributed by atoms with Crippen LogP contribution in [0.3, 0.4) is 0 Å². The number of rotatable bonds is 11. The Kier molecular flexibility index (Phi) is 10.3. The van der Waals surface area contributed by atoms with Crippen molar-refractivity contribution in [3.63, 3.8) is 0 Å². The number of hydrogen-bond acceptors (Lipinski definition) is 1. The molecule has 0 aliphatic heterocycles. The third kappa shape index (κ3) is 6.68. The maximum absolute atomic E-state index is 6.99. The highest BCUT2D eigenvalue weighted by Gasteiger charge is 2.49. The van der Waals surface area contributed by atoms with Crippen LogP contribution in [0.25, 0.3) is 0 Å². The molecule has 0 aliphatic rings. The van der Waals surface area contributed by atoms with Gasteiger partial charge in [0.2, 0.25) is 0 Å². The average molecular weight is 455 g/mol. The van der Waals surface area contributed by atoms with Gasteiger partial charge < -0.3 is 4.43 Å². The van der Waals surface area contributed by atoms with Gasteiger partial charge in [0, 0.05) is 5.88 Å². The minimum atomic E-state index is -2.46. The molecule has 0 amide bonds. The van der Waals surface area contributed by atoms with Crippen molar-refractivity contribution in [1.29, 1.82) is 0 Å². The highest BCUT2D eigenvalue weighted by Crippen LogP contribution is 2.36. The molecule has 3 heteroatoms. The lowest BCUT2D eigenvalue weighted by Gasteiger charge is -2.42. The van der Waals surface area contributed by atoms with Crippen molar-refractivity contribution >= 4 is 30.3 Å². The summed E-state index contributed by atoms with van der Waals surface area (Å²) >= 11 is 6.01. The second-order valence-electron chi connectivity index (χ2n) is 9.08. The van der Waals surface area contributed by atoms with Gasteiger partial charge in [-0.1, -0.05) is 119 Å². The summed E-state index contributed by atoms with van der Waals surface area (Å²) in [5.41, 5.74) is 2.79. The normalized spacial score (nSPS) is 13.5. The fraction of sp³-hybridized carbons (Fsp3) is 0.429. The zero-order valence-corrected chi connectivity index (χ0v) is 21.7. The molecule has 2 aromatic rings. The molecule has 31 heavy (non-hydrogen) atoms. The van der Waals surface area contributed by atoms with Gasteiger partial charge in [-0.25, -0.2) is 0 Å². The van der Waals surface area contributed by atoms with E-state index in [-0.39, 0.29) is 5.04 Å². The summed E-state index contributed by atoms with van der Waals surface area (Å²) in [7, 11) is -2.46. The SMILES string of the molecule is CC/C(=C\CC/C(=C/CO[Si](c1ccccc1)(c1ccccc1)C(C)(C)C)CC)CCl. The molecule has 0 aliphatic carbocycles. The molecule has 0 aromatic heterocycles. The lowest BCUT2D eigenvalue weighted by Crippen LogP contribution is -2.66. The van der Waals surface area contributed by atoms with Gasteiger partial charge >= 0.3 is 0 Å². The first-order chi connectivity index (χ1) is 14.9. The Morgan fingerprint density at radius 1 is 0.839 bits per heavy atom. The quantitative estimate of drug-likeness (QED) is 0.197. The molecule has 0 spiro atoms. The topological polar surface area (TPSA) is 9.23 Å². The number of benzene rings is 2. The van der Waals surface area contributed by atoms with E-state index in [2.05, 4.69) is 107 Å². The smallest absolute Gasteiger partial charge is 0.261 e. The molecule has 168 valence electrons. The Bertz CT molecular complexity index is 789. The van der Waals surface area contributed by atoms with Crippen LogP contribution < -0.4 is 10.4 Å². The van der Waals surface area contributed by atoms with E-state index in [1.165, 1.54) is 21.5 Å². The zero-order chi connectivity index (χ0) is 22.7. The molecule has 2 aromatic carbocycles. The van der Waals surface area contributed by atoms with E-state index < -0.39 is 8.32 Å². The largest absolute Gasteiger partial charge is 0.404 e. The molecule has 0 atom stereocenters. The van der Waals surface area contributed by atoms with Crippen molar-refractivity contribution in [2.45, 2.75) is 65.3 Å². The summed E-state index contributed by atoms with van der Waals surface area (Å²) in [6, 6.07) is 21.7. The van der Waals surface area contributed by atoms with Gasteiger partial charge in [0.05, 0.1) is 6.61 Å². The van der Waals surface area contributed by atoms with E-state index in [1.54, 1.807) is 0 Å². The molecule has 0 heterocycles. The monoisotopic (exact) mass is 454 g/mol. The maximum Gasteiger partial charge on any atom is 0.261 e. The molecule has 0 saturated carbocycles. The molecule has 0 radical (unpaired) electrons. The predicted octanol–water partition coefficient (Wildman–Crippen LogP) is 7.25. The van der Waals surface area contributed by atoms with E-state index in [0.29, 0.717) is 12.5 Å². The first-order valence-electron chi connectivity index (χ1n) is 11.6. The van der Waals surface area contributed by atoms with Crippen molar-refractivity contribution in [2.24, 2.45) is 0 Å². The van der Waals surface area contributed by atoms with Crippen molar-refractivity contribution < 1.29 is 4.43 Å². The molecular weight excluding hydrogens is 416 g/mol. The molecule has 0 bridgehead atoms. The van der Waals surface area contributed by atoms with Gasteiger partial charge in [-0.3, -0.25) is 0 Å². The molecule has 0 saturated heterocycles. The van der Waals surface area contributed by atoms with Crippen molar-refractivity contribution in [2.75, 3.05) is 12.5 Å². The Balaban J connectivity index is 2.32. The Hall–Kier alpha value is -1.61. The third-order valence-corrected chi connectivity index (χ3v) is 11.4. The van der Waals surface area contributed by atoms with Gasteiger partial charge in [0.25, 0.3) is 8.32 Å². The van der Waals surface area contributed by atoms with E-state index in [4.69, 9.17) is 16.0 Å². The van der Waals surface area contributed by atoms with Gasteiger partial charge in [-0.15, -0.1) is 11.6 Å². The number of alkyl halides is 1. The fourth-order valence-electron chi connectivity index (χ4n) is 4.22. The van der Waals surface area contributed by atoms with E-state index in [0.717, 1.165) is 25.7 Å². The highest BCUT2D eigenvalue weighted by molar-refractivity contribution is 6.99. The molecule has 2 rings (SSSR count). The van der Waals surface area contributed by atoms with Gasteiger partial charge in [0.1, 0.15) is 0 Å². The Morgan fingerprint density at radius 3 is 1.77 bits per heavy atom. The van der Waals surface area contributed by atoms with Gasteiger partial charge in [0.15, 0.2) is 0 Å². The molecule has 1 nitrogen and oxygen atoms in total. The summed E-state index contributed by atoms with van der Waals surface area (Å²) in [6.07, 6.45) is 8.83. The number of halogens is 1. The van der Waals surface area contributed by atoms with Crippen LogP contribution in [0, 0.1) is 0 Å². The first-order valence-corrected chi connectivity index (χ1v) is 14.0. The third-order valence-electron chi connectivity index (χ3n) is 6.07. The van der Waals surface area contributed by atoms with Crippen LogP contribution in [0.1, 0.15) is 60.3 Å². The van der Waals surface area contributed by atoms with Crippen molar-refractivity contribution in [3.05, 3.63) is 84.0 Å². The van der Waals surface area contributed by atoms with Crippen LogP contribution in [-0.4, -0.2) is 20.8 Å². The van der Waals surface area contributed by atoms with E-state index >= 15 is 0 Å². The fourth-order valence-corrected chi connectivity index (χ4v) is 9.01. The zero-order valence-electron chi connectivity index (χ0n) is 20.0. The summed E-state index contributed by atoms with van der Waals surface area (Å²) in [6.45, 7) is 12.0. The second kappa shape index (κ2) is 12.4. The summed E-state index contributed by atoms with van der Waals surface area (Å²) in [5.74, 6) is 0.638. The number of hydrogen-bond donors (Lipinski definition) is 0. The highest BCUT2D eigenvalue weighted by atomic mass is 35.5. The van der Waals surface area contributed by atoms with Crippen molar-refractivity contribution in [1.82, 2.24) is 0 Å². The van der Waals surface area contributed by atoms with Crippen LogP contribution >= 0.6 is 11.6 Å². The molecule has 0 unspecified atom stereocenters. The molecular formula is C28H39ClOSi. The molecule has 0 fully saturated rings. The maximum atomic E-state index is 6.99. The lowest BCUT2D eigenvalue weighted by molar-refractivity contribution is 0.338. The summed E-state index contributed by atoms with van der Waals surface area (Å²) < 4.78 is 6.99. The van der Waals surface area contributed by atoms with Crippen LogP contribution in [0.5, 0.6) is 0 Å². The van der Waals surface area contributed by atoms with Crippen LogP contribution in [0.4, 0.5) is 0 Å². The van der Waals surface area contributed by atoms with Crippen LogP contribution in [-0.2, 0) is 4.43 Å². The summed E-state index contributed by atoms with van der Waals surface area (Å²) in [4.78, 5) is 0. The van der Waals surface area contributed by atoms with E-state index in [1.807, 2.05) is 0 Å². The van der Waals surface area contributed by atoms with Crippen LogP contribution in [0.2, 0.25) is 5.04 Å².